The van der Waals surface area contributed by atoms with E-state index in [1.807, 2.05) is 30.3 Å². The van der Waals surface area contributed by atoms with E-state index in [4.69, 9.17) is 9.47 Å². The van der Waals surface area contributed by atoms with Crippen molar-refractivity contribution in [3.63, 3.8) is 0 Å². The number of rotatable bonds is 7. The summed E-state index contributed by atoms with van der Waals surface area (Å²) in [5.41, 5.74) is 2.15. The van der Waals surface area contributed by atoms with Crippen LogP contribution in [0.5, 0.6) is 11.5 Å². The van der Waals surface area contributed by atoms with Gasteiger partial charge in [0, 0.05) is 0 Å². The van der Waals surface area contributed by atoms with Crippen LogP contribution >= 0.6 is 0 Å². The largest absolute Gasteiger partial charge is 0.493 e. The summed E-state index contributed by atoms with van der Waals surface area (Å²) in [6.45, 7) is 0.360. The van der Waals surface area contributed by atoms with Crippen LogP contribution in [0.1, 0.15) is 27.0 Å². The second-order valence-corrected chi connectivity index (χ2v) is 6.43. The van der Waals surface area contributed by atoms with E-state index in [1.54, 1.807) is 18.2 Å². The van der Waals surface area contributed by atoms with Crippen molar-refractivity contribution in [2.24, 2.45) is 5.10 Å². The van der Waals surface area contributed by atoms with E-state index < -0.39 is 23.2 Å². The normalized spacial score (nSPS) is 11.4. The number of alkyl halides is 3. The van der Waals surface area contributed by atoms with E-state index in [2.05, 4.69) is 10.5 Å². The van der Waals surface area contributed by atoms with E-state index in [0.717, 1.165) is 17.7 Å². The van der Waals surface area contributed by atoms with Crippen molar-refractivity contribution in [3.05, 3.63) is 95.1 Å². The molecule has 3 rings (SSSR count). The molecule has 0 bridgehead atoms. The van der Waals surface area contributed by atoms with Crippen molar-refractivity contribution in [1.29, 1.82) is 0 Å². The highest BCUT2D eigenvalue weighted by Gasteiger charge is 2.34. The van der Waals surface area contributed by atoms with Gasteiger partial charge in [-0.05, 0) is 41.5 Å². The number of ether oxygens (including phenoxy) is 2. The first-order chi connectivity index (χ1) is 14.9. The van der Waals surface area contributed by atoms with E-state index >= 15 is 0 Å². The third-order valence-corrected chi connectivity index (χ3v) is 4.28. The lowest BCUT2D eigenvalue weighted by Gasteiger charge is -2.12. The molecule has 0 unspecified atom stereocenters. The molecule has 1 amide bonds. The number of carbonyl (C=O) groups is 1. The van der Waals surface area contributed by atoms with E-state index in [9.17, 15) is 18.0 Å². The molecule has 0 aliphatic carbocycles. The molecule has 0 aliphatic heterocycles. The fourth-order valence-corrected chi connectivity index (χ4v) is 2.77. The maximum Gasteiger partial charge on any atom is 0.417 e. The first-order valence-electron chi connectivity index (χ1n) is 9.23. The minimum Gasteiger partial charge on any atom is -0.493 e. The molecule has 0 saturated heterocycles. The van der Waals surface area contributed by atoms with Crippen LogP contribution in [0, 0.1) is 0 Å². The predicted octanol–water partition coefficient (Wildman–Crippen LogP) is 5.06. The average Bonchev–Trinajstić information content (AvgIpc) is 2.78. The molecule has 1 N–H and O–H groups in total. The Morgan fingerprint density at radius 2 is 1.71 bits per heavy atom. The number of nitrogens with zero attached hydrogens (tertiary/aromatic N) is 1. The average molecular weight is 428 g/mol. The standard InChI is InChI=1S/C23H19F3N2O3/c1-30-21-13-17(11-12-20(21)31-15-16-7-3-2-4-8-16)14-27-28-22(29)18-9-5-6-10-19(18)23(24,25)26/h2-14H,15H2,1H3,(H,28,29)/b27-14+. The lowest BCUT2D eigenvalue weighted by atomic mass is 10.1. The number of benzene rings is 3. The monoisotopic (exact) mass is 428 g/mol. The maximum atomic E-state index is 13.0. The molecule has 0 saturated carbocycles. The highest BCUT2D eigenvalue weighted by molar-refractivity contribution is 5.96. The third-order valence-electron chi connectivity index (χ3n) is 4.28. The van der Waals surface area contributed by atoms with Crippen molar-refractivity contribution >= 4 is 12.1 Å². The highest BCUT2D eigenvalue weighted by Crippen LogP contribution is 2.32. The summed E-state index contributed by atoms with van der Waals surface area (Å²) in [5, 5.41) is 3.75. The molecule has 160 valence electrons. The minimum atomic E-state index is -4.64. The van der Waals surface area contributed by atoms with Gasteiger partial charge in [-0.2, -0.15) is 18.3 Å². The van der Waals surface area contributed by atoms with Gasteiger partial charge < -0.3 is 9.47 Å². The molecule has 3 aromatic rings. The van der Waals surface area contributed by atoms with Crippen molar-refractivity contribution in [2.45, 2.75) is 12.8 Å². The van der Waals surface area contributed by atoms with Crippen molar-refractivity contribution in [1.82, 2.24) is 5.43 Å². The first-order valence-corrected chi connectivity index (χ1v) is 9.23. The lowest BCUT2D eigenvalue weighted by Crippen LogP contribution is -2.22. The quantitative estimate of drug-likeness (QED) is 0.423. The number of halogens is 3. The number of hydrogen-bond donors (Lipinski definition) is 1. The number of hydrogen-bond acceptors (Lipinski definition) is 4. The van der Waals surface area contributed by atoms with Gasteiger partial charge in [0.2, 0.25) is 0 Å². The summed E-state index contributed by atoms with van der Waals surface area (Å²) in [5.74, 6) is 0.0132. The Balaban J connectivity index is 1.67. The van der Waals surface area contributed by atoms with Gasteiger partial charge in [-0.1, -0.05) is 42.5 Å². The van der Waals surface area contributed by atoms with Gasteiger partial charge in [-0.15, -0.1) is 0 Å². The zero-order valence-electron chi connectivity index (χ0n) is 16.5. The van der Waals surface area contributed by atoms with Gasteiger partial charge in [-0.25, -0.2) is 5.43 Å². The zero-order chi connectivity index (χ0) is 22.3. The fourth-order valence-electron chi connectivity index (χ4n) is 2.77. The molecule has 0 spiro atoms. The molecular weight excluding hydrogens is 409 g/mol. The number of nitrogens with one attached hydrogen (secondary N) is 1. The molecule has 5 nitrogen and oxygen atoms in total. The van der Waals surface area contributed by atoms with Crippen LogP contribution in [0.4, 0.5) is 13.2 Å². The van der Waals surface area contributed by atoms with Crippen LogP contribution in [0.3, 0.4) is 0 Å². The summed E-state index contributed by atoms with van der Waals surface area (Å²) < 4.78 is 50.2. The van der Waals surface area contributed by atoms with Crippen LogP contribution in [0.2, 0.25) is 0 Å². The van der Waals surface area contributed by atoms with Gasteiger partial charge >= 0.3 is 6.18 Å². The molecule has 31 heavy (non-hydrogen) atoms. The summed E-state index contributed by atoms with van der Waals surface area (Å²) in [7, 11) is 1.49. The second-order valence-electron chi connectivity index (χ2n) is 6.43. The number of carbonyl (C=O) groups excluding carboxylic acids is 1. The second kappa shape index (κ2) is 9.80. The molecule has 3 aromatic carbocycles. The summed E-state index contributed by atoms with van der Waals surface area (Å²) in [4.78, 5) is 12.1. The Labute approximate surface area is 177 Å². The van der Waals surface area contributed by atoms with Crippen molar-refractivity contribution < 1.29 is 27.4 Å². The minimum absolute atomic E-state index is 0.360. The zero-order valence-corrected chi connectivity index (χ0v) is 16.5. The molecule has 0 fully saturated rings. The number of methoxy groups -OCH3 is 1. The Morgan fingerprint density at radius 1 is 1.00 bits per heavy atom. The molecule has 0 radical (unpaired) electrons. The van der Waals surface area contributed by atoms with Crippen LogP contribution in [-0.2, 0) is 12.8 Å². The summed E-state index contributed by atoms with van der Waals surface area (Å²) in [6, 6.07) is 19.1. The molecule has 0 atom stereocenters. The Morgan fingerprint density at radius 3 is 2.42 bits per heavy atom. The Bertz CT molecular complexity index is 1070. The molecule has 0 heterocycles. The van der Waals surface area contributed by atoms with Gasteiger partial charge in [0.05, 0.1) is 24.5 Å². The first kappa shape index (κ1) is 21.9. The fraction of sp³-hybridized carbons (Fsp3) is 0.130. The topological polar surface area (TPSA) is 59.9 Å². The van der Waals surface area contributed by atoms with Crippen molar-refractivity contribution in [3.8, 4) is 11.5 Å². The van der Waals surface area contributed by atoms with Crippen LogP contribution in [-0.4, -0.2) is 19.2 Å². The van der Waals surface area contributed by atoms with Crippen LogP contribution in [0.25, 0.3) is 0 Å². The van der Waals surface area contributed by atoms with Gasteiger partial charge in [0.25, 0.3) is 5.91 Å². The lowest BCUT2D eigenvalue weighted by molar-refractivity contribution is -0.137. The van der Waals surface area contributed by atoms with Crippen LogP contribution < -0.4 is 14.9 Å². The van der Waals surface area contributed by atoms with E-state index in [1.165, 1.54) is 25.5 Å². The Kier molecular flexibility index (Phi) is 6.92. The smallest absolute Gasteiger partial charge is 0.417 e. The van der Waals surface area contributed by atoms with E-state index in [0.29, 0.717) is 23.7 Å². The molecule has 0 aromatic heterocycles. The molecule has 8 heteroatoms. The van der Waals surface area contributed by atoms with E-state index in [-0.39, 0.29) is 0 Å². The predicted molar refractivity (Wildman–Crippen MR) is 110 cm³/mol. The molecular formula is C23H19F3N2O3. The van der Waals surface area contributed by atoms with Gasteiger partial charge in [-0.3, -0.25) is 4.79 Å². The Hall–Kier alpha value is -3.81. The summed E-state index contributed by atoms with van der Waals surface area (Å²) in [6.07, 6.45) is -3.34. The maximum absolute atomic E-state index is 13.0. The van der Waals surface area contributed by atoms with Gasteiger partial charge in [0.1, 0.15) is 6.61 Å². The summed E-state index contributed by atoms with van der Waals surface area (Å²) >= 11 is 0. The number of amides is 1. The molecule has 0 aliphatic rings. The number of hydrazone groups is 1. The van der Waals surface area contributed by atoms with Crippen molar-refractivity contribution in [2.75, 3.05) is 7.11 Å². The van der Waals surface area contributed by atoms with Gasteiger partial charge in [0.15, 0.2) is 11.5 Å². The highest BCUT2D eigenvalue weighted by atomic mass is 19.4. The third kappa shape index (κ3) is 5.85. The van der Waals surface area contributed by atoms with Crippen LogP contribution in [0.15, 0.2) is 77.9 Å². The SMILES string of the molecule is COc1cc(/C=N/NC(=O)c2ccccc2C(F)(F)F)ccc1OCc1ccccc1.